The van der Waals surface area contributed by atoms with Gasteiger partial charge in [-0.2, -0.15) is 0 Å². The number of quaternary nitrogens is 1. The van der Waals surface area contributed by atoms with Gasteiger partial charge in [-0.25, -0.2) is 0 Å². The number of hydrogen-bond donors (Lipinski definition) is 1. The van der Waals surface area contributed by atoms with E-state index < -0.39 is 6.10 Å². The van der Waals surface area contributed by atoms with E-state index in [-0.39, 0.29) is 12.0 Å². The van der Waals surface area contributed by atoms with E-state index >= 15 is 0 Å². The number of aliphatic hydroxyl groups is 1. The summed E-state index contributed by atoms with van der Waals surface area (Å²) in [5, 5.41) is 11.5. The van der Waals surface area contributed by atoms with Crippen molar-refractivity contribution in [3.05, 3.63) is 52.7 Å². The summed E-state index contributed by atoms with van der Waals surface area (Å²) < 4.78 is 8.29. The molecule has 1 atom stereocenters. The third kappa shape index (κ3) is 3.75. The van der Waals surface area contributed by atoms with Gasteiger partial charge in [-0.1, -0.05) is 12.1 Å². The number of benzene rings is 2. The number of fused-ring (bicyclic) bond motifs is 2. The Hall–Kier alpha value is -1.95. The maximum atomic E-state index is 12.7. The molecule has 3 aromatic rings. The molecular formula is C19H22NO3S+. The van der Waals surface area contributed by atoms with Crippen molar-refractivity contribution in [3.63, 3.8) is 0 Å². The molecule has 5 heteroatoms. The molecule has 126 valence electrons. The zero-order chi connectivity index (χ0) is 17.3. The van der Waals surface area contributed by atoms with Crippen molar-refractivity contribution in [2.24, 2.45) is 0 Å². The molecule has 24 heavy (non-hydrogen) atoms. The van der Waals surface area contributed by atoms with Crippen molar-refractivity contribution in [2.75, 3.05) is 34.3 Å². The Morgan fingerprint density at radius 3 is 2.54 bits per heavy atom. The topological polar surface area (TPSA) is 46.5 Å². The zero-order valence-electron chi connectivity index (χ0n) is 14.2. The molecule has 2 aromatic carbocycles. The van der Waals surface area contributed by atoms with E-state index in [1.54, 1.807) is 17.4 Å². The Balaban J connectivity index is 1.87. The molecule has 0 aliphatic carbocycles. The van der Waals surface area contributed by atoms with E-state index in [2.05, 4.69) is 0 Å². The number of likely N-dealkylation sites (N-methyl/N-ethyl adjacent to an activating group) is 1. The van der Waals surface area contributed by atoms with E-state index in [1.807, 2.05) is 57.5 Å². The molecule has 1 heterocycles. The lowest BCUT2D eigenvalue weighted by Crippen LogP contribution is -2.43. The van der Waals surface area contributed by atoms with Crippen LogP contribution in [-0.4, -0.2) is 50.0 Å². The van der Waals surface area contributed by atoms with E-state index in [9.17, 15) is 9.90 Å². The molecule has 0 fully saturated rings. The first-order valence-corrected chi connectivity index (χ1v) is 8.72. The summed E-state index contributed by atoms with van der Waals surface area (Å²) in [6.07, 6.45) is -0.549. The van der Waals surface area contributed by atoms with Gasteiger partial charge in [0.25, 0.3) is 0 Å². The number of ether oxygens (including phenoxy) is 1. The van der Waals surface area contributed by atoms with Gasteiger partial charge in [-0.3, -0.25) is 4.79 Å². The lowest BCUT2D eigenvalue weighted by molar-refractivity contribution is -0.873. The van der Waals surface area contributed by atoms with Gasteiger partial charge in [0, 0.05) is 20.2 Å². The van der Waals surface area contributed by atoms with Gasteiger partial charge in [-0.05, 0) is 30.3 Å². The second kappa shape index (κ2) is 6.51. The van der Waals surface area contributed by atoms with E-state index in [1.165, 1.54) is 0 Å². The maximum Gasteiger partial charge on any atom is 0.196 e. The van der Waals surface area contributed by atoms with Crippen LogP contribution >= 0.6 is 11.3 Å². The highest BCUT2D eigenvalue weighted by Crippen LogP contribution is 2.27. The van der Waals surface area contributed by atoms with Gasteiger partial charge in [0.1, 0.15) is 25.0 Å². The van der Waals surface area contributed by atoms with Crippen molar-refractivity contribution < 1.29 is 14.3 Å². The van der Waals surface area contributed by atoms with Crippen LogP contribution in [0.25, 0.3) is 20.2 Å². The Bertz CT molecular complexity index is 927. The first kappa shape index (κ1) is 16.9. The van der Waals surface area contributed by atoms with Crippen LogP contribution in [0.5, 0.6) is 5.75 Å². The molecule has 0 bridgehead atoms. The summed E-state index contributed by atoms with van der Waals surface area (Å²) in [4.78, 5) is 12.7. The average molecular weight is 344 g/mol. The van der Waals surface area contributed by atoms with Gasteiger partial charge in [0.15, 0.2) is 5.43 Å². The SMILES string of the molecule is C[N+](C)(C)C[C@H](O)COc1ccc2sc3ccccc3c(=O)c2c1. The Labute approximate surface area is 145 Å². The summed E-state index contributed by atoms with van der Waals surface area (Å²) in [5.74, 6) is 0.613. The van der Waals surface area contributed by atoms with Crippen LogP contribution in [0.2, 0.25) is 0 Å². The third-order valence-electron chi connectivity index (χ3n) is 3.75. The van der Waals surface area contributed by atoms with Crippen LogP contribution in [-0.2, 0) is 0 Å². The lowest BCUT2D eigenvalue weighted by atomic mass is 10.2. The first-order chi connectivity index (χ1) is 11.3. The van der Waals surface area contributed by atoms with Crippen LogP contribution in [0, 0.1) is 0 Å². The number of hydrogen-bond acceptors (Lipinski definition) is 4. The monoisotopic (exact) mass is 344 g/mol. The second-order valence-electron chi connectivity index (χ2n) is 7.02. The van der Waals surface area contributed by atoms with Gasteiger partial charge in [-0.15, -0.1) is 11.3 Å². The van der Waals surface area contributed by atoms with Gasteiger partial charge < -0.3 is 14.3 Å². The summed E-state index contributed by atoms with van der Waals surface area (Å²) in [5.41, 5.74) is 0.0247. The van der Waals surface area contributed by atoms with Crippen molar-refractivity contribution >= 4 is 31.5 Å². The second-order valence-corrected chi connectivity index (χ2v) is 8.11. The summed E-state index contributed by atoms with van der Waals surface area (Å²) in [7, 11) is 6.07. The molecule has 0 saturated carbocycles. The molecule has 1 aromatic heterocycles. The quantitative estimate of drug-likeness (QED) is 0.572. The van der Waals surface area contributed by atoms with Gasteiger partial charge in [0.05, 0.1) is 21.1 Å². The molecule has 0 amide bonds. The maximum absolute atomic E-state index is 12.7. The van der Waals surface area contributed by atoms with Gasteiger partial charge in [0.2, 0.25) is 0 Å². The molecular weight excluding hydrogens is 322 g/mol. The van der Waals surface area contributed by atoms with Gasteiger partial charge >= 0.3 is 0 Å². The fourth-order valence-electron chi connectivity index (χ4n) is 2.75. The average Bonchev–Trinajstić information content (AvgIpc) is 2.52. The Kier molecular flexibility index (Phi) is 4.58. The lowest BCUT2D eigenvalue weighted by Gasteiger charge is -2.26. The summed E-state index contributed by atoms with van der Waals surface area (Å²) in [6, 6.07) is 13.2. The Morgan fingerprint density at radius 2 is 1.79 bits per heavy atom. The summed E-state index contributed by atoms with van der Waals surface area (Å²) in [6.45, 7) is 0.819. The van der Waals surface area contributed by atoms with Crippen molar-refractivity contribution in [1.82, 2.24) is 0 Å². The van der Waals surface area contributed by atoms with E-state index in [0.717, 1.165) is 14.8 Å². The van der Waals surface area contributed by atoms with Crippen molar-refractivity contribution in [2.45, 2.75) is 6.10 Å². The van der Waals surface area contributed by atoms with Crippen molar-refractivity contribution in [1.29, 1.82) is 0 Å². The minimum absolute atomic E-state index is 0.0247. The van der Waals surface area contributed by atoms with Crippen LogP contribution in [0.15, 0.2) is 47.3 Å². The highest BCUT2D eigenvalue weighted by Gasteiger charge is 2.16. The number of nitrogens with zero attached hydrogens (tertiary/aromatic N) is 1. The predicted molar refractivity (Wildman–Crippen MR) is 100 cm³/mol. The molecule has 0 unspecified atom stereocenters. The standard InChI is InChI=1S/C19H22NO3S/c1-20(2,3)11-13(21)12-23-14-8-9-18-16(10-14)19(22)15-6-4-5-7-17(15)24-18/h4-10,13,21H,11-12H2,1-3H3/q+1/t13-/m0/s1. The molecule has 1 N–H and O–H groups in total. The minimum Gasteiger partial charge on any atom is -0.491 e. The highest BCUT2D eigenvalue weighted by molar-refractivity contribution is 7.24. The zero-order valence-corrected chi connectivity index (χ0v) is 15.0. The number of aliphatic hydroxyl groups excluding tert-OH is 1. The predicted octanol–water partition coefficient (Wildman–Crippen LogP) is 2.86. The fraction of sp³-hybridized carbons (Fsp3) is 0.316. The third-order valence-corrected chi connectivity index (χ3v) is 4.90. The molecule has 0 radical (unpaired) electrons. The molecule has 0 aliphatic heterocycles. The molecule has 4 nitrogen and oxygen atoms in total. The van der Waals surface area contributed by atoms with E-state index in [4.69, 9.17) is 4.74 Å². The highest BCUT2D eigenvalue weighted by atomic mass is 32.1. The van der Waals surface area contributed by atoms with Crippen LogP contribution < -0.4 is 10.2 Å². The summed E-state index contributed by atoms with van der Waals surface area (Å²) >= 11 is 1.60. The molecule has 3 rings (SSSR count). The normalized spacial score (nSPS) is 13.3. The largest absolute Gasteiger partial charge is 0.491 e. The van der Waals surface area contributed by atoms with Crippen LogP contribution in [0.1, 0.15) is 0 Å². The smallest absolute Gasteiger partial charge is 0.196 e. The van der Waals surface area contributed by atoms with E-state index in [0.29, 0.717) is 22.2 Å². The van der Waals surface area contributed by atoms with Crippen LogP contribution in [0.4, 0.5) is 0 Å². The minimum atomic E-state index is -0.549. The fourth-order valence-corrected chi connectivity index (χ4v) is 3.80. The first-order valence-electron chi connectivity index (χ1n) is 7.90. The Morgan fingerprint density at radius 1 is 1.08 bits per heavy atom. The number of rotatable bonds is 5. The van der Waals surface area contributed by atoms with Crippen molar-refractivity contribution in [3.8, 4) is 5.75 Å². The molecule has 0 saturated heterocycles. The van der Waals surface area contributed by atoms with Crippen LogP contribution in [0.3, 0.4) is 0 Å². The molecule has 0 spiro atoms. The molecule has 0 aliphatic rings.